The molecular weight excluding hydrogens is 232 g/mol. The summed E-state index contributed by atoms with van der Waals surface area (Å²) in [5, 5.41) is 7.32. The highest BCUT2D eigenvalue weighted by atomic mass is 14.9. The average molecular weight is 268 g/mol. The Balaban J connectivity index is 2.43. The van der Waals surface area contributed by atoms with Gasteiger partial charge in [-0.3, -0.25) is 0 Å². The van der Waals surface area contributed by atoms with E-state index in [2.05, 4.69) is 45.3 Å². The zero-order valence-corrected chi connectivity index (χ0v) is 13.9. The van der Waals surface area contributed by atoms with Gasteiger partial charge in [0.15, 0.2) is 0 Å². The maximum atomic E-state index is 3.82. The van der Waals surface area contributed by atoms with Gasteiger partial charge >= 0.3 is 0 Å². The van der Waals surface area contributed by atoms with Crippen LogP contribution in [0.25, 0.3) is 0 Å². The van der Waals surface area contributed by atoms with Crippen LogP contribution < -0.4 is 10.6 Å². The molecule has 2 N–H and O–H groups in total. The Bertz CT molecular complexity index is 216. The molecule has 1 heterocycles. The van der Waals surface area contributed by atoms with E-state index in [1.54, 1.807) is 0 Å². The fraction of sp³-hybridized carbons (Fsp3) is 1.00. The number of hydrogen-bond acceptors (Lipinski definition) is 2. The van der Waals surface area contributed by atoms with Gasteiger partial charge in [0.05, 0.1) is 0 Å². The Morgan fingerprint density at radius 3 is 2.11 bits per heavy atom. The van der Waals surface area contributed by atoms with Gasteiger partial charge in [-0.05, 0) is 62.1 Å². The molecule has 114 valence electrons. The molecule has 0 radical (unpaired) electrons. The van der Waals surface area contributed by atoms with E-state index in [-0.39, 0.29) is 0 Å². The molecule has 0 aliphatic carbocycles. The van der Waals surface area contributed by atoms with Crippen molar-refractivity contribution in [1.29, 1.82) is 0 Å². The van der Waals surface area contributed by atoms with Gasteiger partial charge in [-0.1, -0.05) is 41.0 Å². The first-order chi connectivity index (χ1) is 9.01. The largest absolute Gasteiger partial charge is 0.317 e. The average Bonchev–Trinajstić information content (AvgIpc) is 2.35. The van der Waals surface area contributed by atoms with Crippen molar-refractivity contribution in [3.8, 4) is 0 Å². The number of nitrogens with one attached hydrogen (secondary N) is 2. The molecule has 0 amide bonds. The quantitative estimate of drug-likeness (QED) is 0.702. The lowest BCUT2D eigenvalue weighted by molar-refractivity contribution is 0.166. The first-order valence-electron chi connectivity index (χ1n) is 8.42. The molecule has 0 saturated carbocycles. The van der Waals surface area contributed by atoms with Crippen LogP contribution in [0.1, 0.15) is 60.3 Å². The first kappa shape index (κ1) is 17.0. The van der Waals surface area contributed by atoms with Crippen molar-refractivity contribution in [2.75, 3.05) is 26.2 Å². The topological polar surface area (TPSA) is 24.1 Å². The van der Waals surface area contributed by atoms with Gasteiger partial charge in [-0.2, -0.15) is 0 Å². The molecule has 19 heavy (non-hydrogen) atoms. The van der Waals surface area contributed by atoms with Crippen molar-refractivity contribution in [3.63, 3.8) is 0 Å². The Hall–Kier alpha value is -0.0800. The van der Waals surface area contributed by atoms with E-state index in [0.29, 0.717) is 5.41 Å². The maximum Gasteiger partial charge on any atom is 0.000888 e. The van der Waals surface area contributed by atoms with Crippen molar-refractivity contribution < 1.29 is 0 Å². The molecule has 0 atom stereocenters. The van der Waals surface area contributed by atoms with Crippen molar-refractivity contribution >= 4 is 0 Å². The highest BCUT2D eigenvalue weighted by Gasteiger charge is 2.31. The normalized spacial score (nSPS) is 19.6. The molecule has 2 nitrogen and oxygen atoms in total. The van der Waals surface area contributed by atoms with E-state index < -0.39 is 0 Å². The second kappa shape index (κ2) is 8.26. The van der Waals surface area contributed by atoms with Crippen molar-refractivity contribution in [1.82, 2.24) is 10.6 Å². The van der Waals surface area contributed by atoms with E-state index in [9.17, 15) is 0 Å². The van der Waals surface area contributed by atoms with Crippen LogP contribution in [0.4, 0.5) is 0 Å². The molecule has 0 aromatic heterocycles. The standard InChI is InChI=1S/C17H36N2/c1-6-7-17(8-10-18-11-9-17)13-19-12-16(14(2)3)15(4)5/h14-16,18-19H,6-13H2,1-5H3. The molecule has 1 saturated heterocycles. The summed E-state index contributed by atoms with van der Waals surface area (Å²) in [6, 6.07) is 0. The number of rotatable bonds is 8. The molecule has 0 aromatic rings. The van der Waals surface area contributed by atoms with Gasteiger partial charge < -0.3 is 10.6 Å². The monoisotopic (exact) mass is 268 g/mol. The predicted molar refractivity (Wildman–Crippen MR) is 85.5 cm³/mol. The van der Waals surface area contributed by atoms with Crippen LogP contribution in [0.5, 0.6) is 0 Å². The summed E-state index contributed by atoms with van der Waals surface area (Å²) in [4.78, 5) is 0. The molecule has 1 aliphatic heterocycles. The van der Waals surface area contributed by atoms with Gasteiger partial charge in [0.2, 0.25) is 0 Å². The maximum absolute atomic E-state index is 3.82. The van der Waals surface area contributed by atoms with E-state index in [1.165, 1.54) is 51.9 Å². The summed E-state index contributed by atoms with van der Waals surface area (Å²) in [6.45, 7) is 16.6. The molecule has 0 spiro atoms. The molecule has 1 aliphatic rings. The van der Waals surface area contributed by atoms with Crippen molar-refractivity contribution in [2.24, 2.45) is 23.2 Å². The minimum atomic E-state index is 0.568. The van der Waals surface area contributed by atoms with E-state index in [0.717, 1.165) is 17.8 Å². The van der Waals surface area contributed by atoms with E-state index >= 15 is 0 Å². The van der Waals surface area contributed by atoms with Crippen LogP contribution in [0.15, 0.2) is 0 Å². The summed E-state index contributed by atoms with van der Waals surface area (Å²) >= 11 is 0. The molecule has 0 aromatic carbocycles. The molecule has 1 rings (SSSR count). The second-order valence-electron chi connectivity index (χ2n) is 7.28. The van der Waals surface area contributed by atoms with Gasteiger partial charge in [-0.15, -0.1) is 0 Å². The summed E-state index contributed by atoms with van der Waals surface area (Å²) < 4.78 is 0. The lowest BCUT2D eigenvalue weighted by Crippen LogP contribution is -2.44. The fourth-order valence-corrected chi connectivity index (χ4v) is 3.75. The second-order valence-corrected chi connectivity index (χ2v) is 7.28. The Morgan fingerprint density at radius 2 is 1.63 bits per heavy atom. The van der Waals surface area contributed by atoms with Gasteiger partial charge in [-0.25, -0.2) is 0 Å². The summed E-state index contributed by atoms with van der Waals surface area (Å²) in [6.07, 6.45) is 5.40. The van der Waals surface area contributed by atoms with Crippen LogP contribution >= 0.6 is 0 Å². The minimum Gasteiger partial charge on any atom is -0.317 e. The number of hydrogen-bond donors (Lipinski definition) is 2. The first-order valence-corrected chi connectivity index (χ1v) is 8.42. The summed E-state index contributed by atoms with van der Waals surface area (Å²) in [5.74, 6) is 2.37. The molecular formula is C17H36N2. The zero-order chi connectivity index (χ0) is 14.3. The lowest BCUT2D eigenvalue weighted by atomic mass is 9.75. The third kappa shape index (κ3) is 5.43. The predicted octanol–water partition coefficient (Wildman–Crippen LogP) is 3.67. The fourth-order valence-electron chi connectivity index (χ4n) is 3.75. The summed E-state index contributed by atoms with van der Waals surface area (Å²) in [7, 11) is 0. The molecule has 1 fully saturated rings. The third-order valence-corrected chi connectivity index (χ3v) is 5.04. The molecule has 0 unspecified atom stereocenters. The van der Waals surface area contributed by atoms with Crippen molar-refractivity contribution in [3.05, 3.63) is 0 Å². The van der Waals surface area contributed by atoms with Crippen LogP contribution in [-0.2, 0) is 0 Å². The van der Waals surface area contributed by atoms with Gasteiger partial charge in [0, 0.05) is 6.54 Å². The zero-order valence-electron chi connectivity index (χ0n) is 13.9. The number of piperidine rings is 1. The van der Waals surface area contributed by atoms with Crippen LogP contribution in [0, 0.1) is 23.2 Å². The highest BCUT2D eigenvalue weighted by Crippen LogP contribution is 2.33. The minimum absolute atomic E-state index is 0.568. The van der Waals surface area contributed by atoms with Crippen LogP contribution in [0.3, 0.4) is 0 Å². The Kier molecular flexibility index (Phi) is 7.38. The Labute approximate surface area is 121 Å². The SMILES string of the molecule is CCCC1(CNCC(C(C)C)C(C)C)CCNCC1. The Morgan fingerprint density at radius 1 is 1.05 bits per heavy atom. The smallest absolute Gasteiger partial charge is 0.000888 e. The van der Waals surface area contributed by atoms with Crippen LogP contribution in [-0.4, -0.2) is 26.2 Å². The third-order valence-electron chi connectivity index (χ3n) is 5.04. The van der Waals surface area contributed by atoms with Gasteiger partial charge in [0.25, 0.3) is 0 Å². The molecule has 2 heteroatoms. The highest BCUT2D eigenvalue weighted by molar-refractivity contribution is 4.86. The summed E-state index contributed by atoms with van der Waals surface area (Å²) in [5.41, 5.74) is 0.568. The van der Waals surface area contributed by atoms with Crippen LogP contribution in [0.2, 0.25) is 0 Å². The van der Waals surface area contributed by atoms with E-state index in [1.807, 2.05) is 0 Å². The van der Waals surface area contributed by atoms with Crippen molar-refractivity contribution in [2.45, 2.75) is 60.3 Å². The van der Waals surface area contributed by atoms with Gasteiger partial charge in [0.1, 0.15) is 0 Å². The molecule has 0 bridgehead atoms. The lowest BCUT2D eigenvalue weighted by Gasteiger charge is -2.39. The van der Waals surface area contributed by atoms with E-state index in [4.69, 9.17) is 0 Å².